The molecule has 1 rings (SSSR count). The zero-order chi connectivity index (χ0) is 12.0. The predicted octanol–water partition coefficient (Wildman–Crippen LogP) is 3.51. The Labute approximate surface area is 97.4 Å². The SMILES string of the molecule is C=CC(C)CCC(=O)c1ccccc1NC. The van der Waals surface area contributed by atoms with E-state index in [-0.39, 0.29) is 5.78 Å². The molecule has 1 unspecified atom stereocenters. The third-order valence-electron chi connectivity index (χ3n) is 2.73. The van der Waals surface area contributed by atoms with E-state index in [1.807, 2.05) is 37.4 Å². The molecule has 1 aromatic rings. The van der Waals surface area contributed by atoms with E-state index in [0.717, 1.165) is 17.7 Å². The molecule has 2 heteroatoms. The molecule has 0 amide bonds. The number of carbonyl (C=O) groups is 1. The first-order valence-electron chi connectivity index (χ1n) is 5.61. The molecule has 1 aromatic carbocycles. The molecule has 0 fully saturated rings. The summed E-state index contributed by atoms with van der Waals surface area (Å²) in [5, 5.41) is 3.04. The van der Waals surface area contributed by atoms with Crippen molar-refractivity contribution in [1.82, 2.24) is 0 Å². The van der Waals surface area contributed by atoms with Crippen molar-refractivity contribution in [2.75, 3.05) is 12.4 Å². The van der Waals surface area contributed by atoms with Gasteiger partial charge in [0, 0.05) is 24.7 Å². The molecule has 2 nitrogen and oxygen atoms in total. The standard InChI is InChI=1S/C14H19NO/c1-4-11(2)9-10-14(16)12-7-5-6-8-13(12)15-3/h4-8,11,15H,1,9-10H2,2-3H3. The first-order valence-corrected chi connectivity index (χ1v) is 5.61. The van der Waals surface area contributed by atoms with Crippen LogP contribution in [0.2, 0.25) is 0 Å². The highest BCUT2D eigenvalue weighted by Gasteiger charge is 2.10. The summed E-state index contributed by atoms with van der Waals surface area (Å²) < 4.78 is 0. The van der Waals surface area contributed by atoms with Crippen LogP contribution in [-0.4, -0.2) is 12.8 Å². The fourth-order valence-corrected chi connectivity index (χ4v) is 1.56. The number of benzene rings is 1. The summed E-state index contributed by atoms with van der Waals surface area (Å²) >= 11 is 0. The molecule has 1 atom stereocenters. The maximum absolute atomic E-state index is 12.0. The van der Waals surface area contributed by atoms with Crippen LogP contribution in [0.1, 0.15) is 30.1 Å². The summed E-state index contributed by atoms with van der Waals surface area (Å²) in [5.41, 5.74) is 1.68. The van der Waals surface area contributed by atoms with E-state index in [1.54, 1.807) is 0 Å². The van der Waals surface area contributed by atoms with E-state index in [1.165, 1.54) is 0 Å². The van der Waals surface area contributed by atoms with Gasteiger partial charge in [-0.3, -0.25) is 4.79 Å². The molecular formula is C14H19NO. The van der Waals surface area contributed by atoms with E-state index in [4.69, 9.17) is 0 Å². The second-order valence-corrected chi connectivity index (χ2v) is 3.97. The lowest BCUT2D eigenvalue weighted by atomic mass is 9.99. The first-order chi connectivity index (χ1) is 7.69. The van der Waals surface area contributed by atoms with Gasteiger partial charge in [-0.15, -0.1) is 6.58 Å². The number of anilines is 1. The Morgan fingerprint density at radius 2 is 2.19 bits per heavy atom. The molecule has 0 radical (unpaired) electrons. The van der Waals surface area contributed by atoms with E-state index in [0.29, 0.717) is 12.3 Å². The molecule has 0 aliphatic heterocycles. The quantitative estimate of drug-likeness (QED) is 0.583. The molecule has 0 saturated carbocycles. The second-order valence-electron chi connectivity index (χ2n) is 3.97. The van der Waals surface area contributed by atoms with Crippen molar-refractivity contribution in [1.29, 1.82) is 0 Å². The molecule has 0 aromatic heterocycles. The summed E-state index contributed by atoms with van der Waals surface area (Å²) in [4.78, 5) is 12.0. The van der Waals surface area contributed by atoms with Crippen LogP contribution < -0.4 is 5.32 Å². The Morgan fingerprint density at radius 3 is 2.81 bits per heavy atom. The Bertz CT molecular complexity index is 371. The van der Waals surface area contributed by atoms with Gasteiger partial charge in [-0.2, -0.15) is 0 Å². The van der Waals surface area contributed by atoms with Crippen molar-refractivity contribution in [3.8, 4) is 0 Å². The fourth-order valence-electron chi connectivity index (χ4n) is 1.56. The van der Waals surface area contributed by atoms with Gasteiger partial charge in [0.1, 0.15) is 0 Å². The summed E-state index contributed by atoms with van der Waals surface area (Å²) in [5.74, 6) is 0.587. The Morgan fingerprint density at radius 1 is 1.50 bits per heavy atom. The molecule has 0 aliphatic rings. The number of hydrogen-bond acceptors (Lipinski definition) is 2. The first kappa shape index (κ1) is 12.5. The third kappa shape index (κ3) is 3.23. The normalized spacial score (nSPS) is 11.9. The number of para-hydroxylation sites is 1. The van der Waals surface area contributed by atoms with E-state index in [9.17, 15) is 4.79 Å². The Hall–Kier alpha value is -1.57. The summed E-state index contributed by atoms with van der Waals surface area (Å²) in [7, 11) is 1.83. The summed E-state index contributed by atoms with van der Waals surface area (Å²) in [6, 6.07) is 7.61. The van der Waals surface area contributed by atoms with E-state index in [2.05, 4.69) is 18.8 Å². The molecule has 1 N–H and O–H groups in total. The van der Waals surface area contributed by atoms with E-state index >= 15 is 0 Å². The van der Waals surface area contributed by atoms with Gasteiger partial charge >= 0.3 is 0 Å². The van der Waals surface area contributed by atoms with Crippen molar-refractivity contribution in [2.24, 2.45) is 5.92 Å². The van der Waals surface area contributed by atoms with Gasteiger partial charge in [-0.05, 0) is 24.5 Å². The van der Waals surface area contributed by atoms with Crippen molar-refractivity contribution in [2.45, 2.75) is 19.8 Å². The number of allylic oxidation sites excluding steroid dienone is 1. The highest BCUT2D eigenvalue weighted by Crippen LogP contribution is 2.18. The lowest BCUT2D eigenvalue weighted by Crippen LogP contribution is -2.05. The third-order valence-corrected chi connectivity index (χ3v) is 2.73. The maximum atomic E-state index is 12.0. The van der Waals surface area contributed by atoms with Crippen molar-refractivity contribution >= 4 is 11.5 Å². The van der Waals surface area contributed by atoms with Gasteiger partial charge in [-0.25, -0.2) is 0 Å². The lowest BCUT2D eigenvalue weighted by Gasteiger charge is -2.09. The van der Waals surface area contributed by atoms with Crippen LogP contribution in [0, 0.1) is 5.92 Å². The molecule has 0 saturated heterocycles. The average molecular weight is 217 g/mol. The van der Waals surface area contributed by atoms with Crippen LogP contribution in [0.15, 0.2) is 36.9 Å². The lowest BCUT2D eigenvalue weighted by molar-refractivity contribution is 0.0977. The molecule has 0 bridgehead atoms. The van der Waals surface area contributed by atoms with Crippen LogP contribution >= 0.6 is 0 Å². The zero-order valence-corrected chi connectivity index (χ0v) is 9.99. The topological polar surface area (TPSA) is 29.1 Å². The second kappa shape index (κ2) is 6.11. The average Bonchev–Trinajstić information content (AvgIpc) is 2.35. The Kier molecular flexibility index (Phi) is 4.77. The summed E-state index contributed by atoms with van der Waals surface area (Å²) in [6.07, 6.45) is 3.32. The highest BCUT2D eigenvalue weighted by atomic mass is 16.1. The highest BCUT2D eigenvalue weighted by molar-refractivity contribution is 6.01. The molecule has 0 heterocycles. The number of hydrogen-bond donors (Lipinski definition) is 1. The van der Waals surface area contributed by atoms with Crippen LogP contribution in [-0.2, 0) is 0 Å². The van der Waals surface area contributed by atoms with Gasteiger partial charge in [0.2, 0.25) is 0 Å². The van der Waals surface area contributed by atoms with Crippen LogP contribution in [0.5, 0.6) is 0 Å². The summed E-state index contributed by atoms with van der Waals surface area (Å²) in [6.45, 7) is 5.80. The number of nitrogens with one attached hydrogen (secondary N) is 1. The minimum absolute atomic E-state index is 0.193. The van der Waals surface area contributed by atoms with Crippen LogP contribution in [0.4, 0.5) is 5.69 Å². The molecular weight excluding hydrogens is 198 g/mol. The smallest absolute Gasteiger partial charge is 0.164 e. The van der Waals surface area contributed by atoms with Crippen molar-refractivity contribution in [3.63, 3.8) is 0 Å². The molecule has 16 heavy (non-hydrogen) atoms. The number of carbonyl (C=O) groups excluding carboxylic acids is 1. The zero-order valence-electron chi connectivity index (χ0n) is 9.99. The molecule has 0 spiro atoms. The van der Waals surface area contributed by atoms with Gasteiger partial charge in [0.05, 0.1) is 0 Å². The van der Waals surface area contributed by atoms with Gasteiger partial charge in [-0.1, -0.05) is 25.1 Å². The monoisotopic (exact) mass is 217 g/mol. The van der Waals surface area contributed by atoms with Crippen molar-refractivity contribution in [3.05, 3.63) is 42.5 Å². The van der Waals surface area contributed by atoms with Gasteiger partial charge < -0.3 is 5.32 Å². The largest absolute Gasteiger partial charge is 0.388 e. The number of rotatable bonds is 6. The minimum atomic E-state index is 0.193. The predicted molar refractivity (Wildman–Crippen MR) is 68.9 cm³/mol. The Balaban J connectivity index is 2.69. The number of ketones is 1. The van der Waals surface area contributed by atoms with Crippen molar-refractivity contribution < 1.29 is 4.79 Å². The van der Waals surface area contributed by atoms with Crippen LogP contribution in [0.3, 0.4) is 0 Å². The maximum Gasteiger partial charge on any atom is 0.164 e. The van der Waals surface area contributed by atoms with E-state index < -0.39 is 0 Å². The fraction of sp³-hybridized carbons (Fsp3) is 0.357. The number of Topliss-reactive ketones (excluding diaryl/α,β-unsaturated/α-hetero) is 1. The van der Waals surface area contributed by atoms with Crippen LogP contribution in [0.25, 0.3) is 0 Å². The minimum Gasteiger partial charge on any atom is -0.388 e. The van der Waals surface area contributed by atoms with Gasteiger partial charge in [0.15, 0.2) is 5.78 Å². The molecule has 0 aliphatic carbocycles. The van der Waals surface area contributed by atoms with Gasteiger partial charge in [0.25, 0.3) is 0 Å². The molecule has 86 valence electrons.